The highest BCUT2D eigenvalue weighted by atomic mass is 35.5. The van der Waals surface area contributed by atoms with Gasteiger partial charge >= 0.3 is 0 Å². The fourth-order valence-corrected chi connectivity index (χ4v) is 2.39. The molecule has 1 aromatic carbocycles. The van der Waals surface area contributed by atoms with Gasteiger partial charge in [0.1, 0.15) is 6.61 Å². The number of nitrogens with zero attached hydrogens (tertiary/aromatic N) is 2. The lowest BCUT2D eigenvalue weighted by Crippen LogP contribution is -2.45. The molecule has 1 N–H and O–H groups in total. The van der Waals surface area contributed by atoms with E-state index in [0.29, 0.717) is 25.4 Å². The highest BCUT2D eigenvalue weighted by molar-refractivity contribution is 6.20. The zero-order valence-electron chi connectivity index (χ0n) is 9.88. The molecule has 0 aromatic heterocycles. The number of hydrogen-bond donors (Lipinski definition) is 1. The maximum Gasteiger partial charge on any atom is 0.206 e. The first-order chi connectivity index (χ1) is 8.74. The van der Waals surface area contributed by atoms with Crippen LogP contribution in [0.4, 0.5) is 5.69 Å². The van der Waals surface area contributed by atoms with E-state index in [2.05, 4.69) is 4.90 Å². The van der Waals surface area contributed by atoms with Crippen molar-refractivity contribution in [2.75, 3.05) is 37.7 Å². The Bertz CT molecular complexity index is 435. The second-order valence-corrected chi connectivity index (χ2v) is 4.87. The van der Waals surface area contributed by atoms with Crippen LogP contribution >= 0.6 is 11.6 Å². The zero-order chi connectivity index (χ0) is 12.5. The van der Waals surface area contributed by atoms with E-state index in [0.717, 1.165) is 24.5 Å². The summed E-state index contributed by atoms with van der Waals surface area (Å²) in [6.45, 7) is 3.11. The van der Waals surface area contributed by atoms with Crippen LogP contribution in [0.5, 0.6) is 11.5 Å². The molecule has 0 bridgehead atoms. The number of alkyl halides is 1. The van der Waals surface area contributed by atoms with Crippen molar-refractivity contribution in [3.8, 4) is 11.5 Å². The van der Waals surface area contributed by atoms with E-state index in [1.54, 1.807) is 0 Å². The molecule has 2 aliphatic heterocycles. The van der Waals surface area contributed by atoms with Crippen molar-refractivity contribution in [2.24, 2.45) is 0 Å². The standard InChI is InChI=1S/C12H15ClN2O3/c13-11-8-17-10-3-1-2-9(12(10)18-11)14-4-6-15(16)7-5-14/h1-3,11,16H,4-8H2. The van der Waals surface area contributed by atoms with E-state index in [4.69, 9.17) is 21.1 Å². The number of benzene rings is 1. The first-order valence-corrected chi connectivity index (χ1v) is 6.43. The Hall–Kier alpha value is -1.17. The van der Waals surface area contributed by atoms with Crippen LogP contribution in [0.25, 0.3) is 0 Å². The van der Waals surface area contributed by atoms with Gasteiger partial charge in [0.15, 0.2) is 11.5 Å². The molecule has 1 unspecified atom stereocenters. The van der Waals surface area contributed by atoms with Gasteiger partial charge in [-0.25, -0.2) is 0 Å². The molecule has 5 nitrogen and oxygen atoms in total. The minimum atomic E-state index is -0.446. The van der Waals surface area contributed by atoms with Crippen LogP contribution in [0.15, 0.2) is 18.2 Å². The molecule has 18 heavy (non-hydrogen) atoms. The molecule has 98 valence electrons. The molecular formula is C12H15ClN2O3. The number of anilines is 1. The van der Waals surface area contributed by atoms with Crippen LogP contribution in [0.1, 0.15) is 0 Å². The second-order valence-electron chi connectivity index (χ2n) is 4.38. The number of hydrogen-bond acceptors (Lipinski definition) is 5. The number of hydroxylamine groups is 2. The Balaban J connectivity index is 1.88. The normalized spacial score (nSPS) is 24.1. The van der Waals surface area contributed by atoms with Gasteiger partial charge in [0.25, 0.3) is 0 Å². The van der Waals surface area contributed by atoms with E-state index in [-0.39, 0.29) is 0 Å². The predicted octanol–water partition coefficient (Wildman–Crippen LogP) is 1.53. The van der Waals surface area contributed by atoms with Crippen LogP contribution in [0.2, 0.25) is 0 Å². The van der Waals surface area contributed by atoms with Gasteiger partial charge in [-0.3, -0.25) is 0 Å². The van der Waals surface area contributed by atoms with Crippen molar-refractivity contribution < 1.29 is 14.7 Å². The Morgan fingerprint density at radius 3 is 2.78 bits per heavy atom. The summed E-state index contributed by atoms with van der Waals surface area (Å²) in [6.07, 6.45) is 0. The Morgan fingerprint density at radius 1 is 1.22 bits per heavy atom. The molecule has 1 saturated heterocycles. The van der Waals surface area contributed by atoms with E-state index in [9.17, 15) is 5.21 Å². The van der Waals surface area contributed by atoms with Gasteiger partial charge in [0.2, 0.25) is 5.56 Å². The SMILES string of the molecule is ON1CCN(c2cccc3c2OC(Cl)CO3)CC1. The third kappa shape index (κ3) is 2.21. The number of rotatable bonds is 1. The Kier molecular flexibility index (Phi) is 3.20. The molecule has 1 fully saturated rings. The number of fused-ring (bicyclic) bond motifs is 1. The van der Waals surface area contributed by atoms with Gasteiger partial charge in [-0.2, -0.15) is 5.06 Å². The summed E-state index contributed by atoms with van der Waals surface area (Å²) >= 11 is 5.96. The van der Waals surface area contributed by atoms with Crippen molar-refractivity contribution in [2.45, 2.75) is 5.56 Å². The average molecular weight is 271 g/mol. The minimum absolute atomic E-state index is 0.364. The fraction of sp³-hybridized carbons (Fsp3) is 0.500. The van der Waals surface area contributed by atoms with Crippen LogP contribution in [0, 0.1) is 0 Å². The van der Waals surface area contributed by atoms with Crippen molar-refractivity contribution >= 4 is 17.3 Å². The summed E-state index contributed by atoms with van der Waals surface area (Å²) in [5.41, 5.74) is 0.531. The summed E-state index contributed by atoms with van der Waals surface area (Å²) in [7, 11) is 0. The zero-order valence-corrected chi connectivity index (χ0v) is 10.6. The molecule has 0 amide bonds. The maximum atomic E-state index is 9.38. The summed E-state index contributed by atoms with van der Waals surface area (Å²) in [5, 5.41) is 10.7. The topological polar surface area (TPSA) is 45.2 Å². The van der Waals surface area contributed by atoms with Crippen LogP contribution in [-0.4, -0.2) is 48.6 Å². The number of halogens is 1. The lowest BCUT2D eigenvalue weighted by atomic mass is 10.2. The lowest BCUT2D eigenvalue weighted by Gasteiger charge is -2.35. The minimum Gasteiger partial charge on any atom is -0.484 e. The van der Waals surface area contributed by atoms with Crippen LogP contribution in [-0.2, 0) is 0 Å². The second kappa shape index (κ2) is 4.84. The first-order valence-electron chi connectivity index (χ1n) is 5.99. The highest BCUT2D eigenvalue weighted by Crippen LogP contribution is 2.41. The maximum absolute atomic E-state index is 9.38. The number of ether oxygens (including phenoxy) is 2. The molecule has 1 atom stereocenters. The largest absolute Gasteiger partial charge is 0.484 e. The van der Waals surface area contributed by atoms with Gasteiger partial charge in [0.05, 0.1) is 5.69 Å². The molecule has 3 rings (SSSR count). The van der Waals surface area contributed by atoms with Crippen molar-refractivity contribution in [3.63, 3.8) is 0 Å². The summed E-state index contributed by atoms with van der Waals surface area (Å²) in [6, 6.07) is 5.81. The molecule has 0 saturated carbocycles. The molecule has 0 spiro atoms. The average Bonchev–Trinajstić information content (AvgIpc) is 2.39. The highest BCUT2D eigenvalue weighted by Gasteiger charge is 2.25. The van der Waals surface area contributed by atoms with Gasteiger partial charge < -0.3 is 19.6 Å². The predicted molar refractivity (Wildman–Crippen MR) is 67.8 cm³/mol. The van der Waals surface area contributed by atoms with Gasteiger partial charge in [-0.1, -0.05) is 17.7 Å². The first kappa shape index (κ1) is 11.9. The number of para-hydroxylation sites is 1. The van der Waals surface area contributed by atoms with Crippen LogP contribution in [0.3, 0.4) is 0 Å². The van der Waals surface area contributed by atoms with Crippen LogP contribution < -0.4 is 14.4 Å². The van der Waals surface area contributed by atoms with Crippen molar-refractivity contribution in [1.82, 2.24) is 5.06 Å². The Morgan fingerprint density at radius 2 is 2.00 bits per heavy atom. The van der Waals surface area contributed by atoms with E-state index >= 15 is 0 Å². The monoisotopic (exact) mass is 270 g/mol. The smallest absolute Gasteiger partial charge is 0.206 e. The molecule has 0 radical (unpaired) electrons. The van der Waals surface area contributed by atoms with Crippen molar-refractivity contribution in [1.29, 1.82) is 0 Å². The quantitative estimate of drug-likeness (QED) is 0.784. The fourth-order valence-electron chi connectivity index (χ4n) is 2.24. The molecule has 6 heteroatoms. The van der Waals surface area contributed by atoms with E-state index < -0.39 is 5.56 Å². The van der Waals surface area contributed by atoms with Gasteiger partial charge in [0, 0.05) is 26.2 Å². The molecule has 1 aromatic rings. The van der Waals surface area contributed by atoms with Gasteiger partial charge in [-0.15, -0.1) is 0 Å². The molecule has 2 aliphatic rings. The lowest BCUT2D eigenvalue weighted by molar-refractivity contribution is -0.0936. The number of piperazine rings is 1. The van der Waals surface area contributed by atoms with Gasteiger partial charge in [-0.05, 0) is 12.1 Å². The van der Waals surface area contributed by atoms with E-state index in [1.807, 2.05) is 18.2 Å². The van der Waals surface area contributed by atoms with Crippen molar-refractivity contribution in [3.05, 3.63) is 18.2 Å². The molecule has 2 heterocycles. The third-order valence-electron chi connectivity index (χ3n) is 3.17. The summed E-state index contributed by atoms with van der Waals surface area (Å²) in [5.74, 6) is 1.44. The molecule has 0 aliphatic carbocycles. The van der Waals surface area contributed by atoms with E-state index in [1.165, 1.54) is 5.06 Å². The third-order valence-corrected chi connectivity index (χ3v) is 3.39. The summed E-state index contributed by atoms with van der Waals surface area (Å²) in [4.78, 5) is 2.17. The summed E-state index contributed by atoms with van der Waals surface area (Å²) < 4.78 is 11.2. The molecular weight excluding hydrogens is 256 g/mol. The Labute approximate surface area is 110 Å².